The standard InChI is InChI=1S/C13H17ClN2O4/c1-2-9(5-6-17)8-15-13(18)10-3-4-12(16(19)20)11(14)7-10/h3-4,7,9,17H,2,5-6,8H2,1H3,(H,15,18). The topological polar surface area (TPSA) is 92.5 Å². The molecule has 0 aliphatic carbocycles. The third-order valence-corrected chi connectivity index (χ3v) is 3.38. The maximum Gasteiger partial charge on any atom is 0.287 e. The maximum atomic E-state index is 11.9. The Morgan fingerprint density at radius 3 is 2.75 bits per heavy atom. The van der Waals surface area contributed by atoms with Crippen LogP contribution in [0.25, 0.3) is 0 Å². The number of nitro groups is 1. The number of rotatable bonds is 7. The van der Waals surface area contributed by atoms with Crippen LogP contribution in [0.3, 0.4) is 0 Å². The smallest absolute Gasteiger partial charge is 0.287 e. The van der Waals surface area contributed by atoms with Crippen molar-refractivity contribution in [3.8, 4) is 0 Å². The molecular weight excluding hydrogens is 284 g/mol. The van der Waals surface area contributed by atoms with Crippen molar-refractivity contribution in [3.05, 3.63) is 38.9 Å². The molecule has 0 spiro atoms. The second-order valence-electron chi connectivity index (χ2n) is 4.42. The number of carbonyl (C=O) groups is 1. The lowest BCUT2D eigenvalue weighted by atomic mass is 10.0. The molecule has 1 unspecified atom stereocenters. The van der Waals surface area contributed by atoms with Gasteiger partial charge in [0.05, 0.1) is 4.92 Å². The van der Waals surface area contributed by atoms with Crippen LogP contribution in [0.1, 0.15) is 30.1 Å². The number of amides is 1. The number of hydrogen-bond acceptors (Lipinski definition) is 4. The quantitative estimate of drug-likeness (QED) is 0.597. The Morgan fingerprint density at radius 1 is 1.55 bits per heavy atom. The largest absolute Gasteiger partial charge is 0.396 e. The van der Waals surface area contributed by atoms with Gasteiger partial charge in [-0.3, -0.25) is 14.9 Å². The van der Waals surface area contributed by atoms with Crippen molar-refractivity contribution in [2.75, 3.05) is 13.2 Å². The first-order chi connectivity index (χ1) is 9.49. The van der Waals surface area contributed by atoms with Gasteiger partial charge in [-0.15, -0.1) is 0 Å². The van der Waals surface area contributed by atoms with Crippen LogP contribution in [0.15, 0.2) is 18.2 Å². The summed E-state index contributed by atoms with van der Waals surface area (Å²) < 4.78 is 0. The van der Waals surface area contributed by atoms with Crippen molar-refractivity contribution in [3.63, 3.8) is 0 Å². The molecule has 20 heavy (non-hydrogen) atoms. The molecule has 0 saturated heterocycles. The third-order valence-electron chi connectivity index (χ3n) is 3.07. The molecule has 110 valence electrons. The van der Waals surface area contributed by atoms with E-state index in [1.165, 1.54) is 18.2 Å². The van der Waals surface area contributed by atoms with E-state index < -0.39 is 4.92 Å². The molecule has 0 saturated carbocycles. The van der Waals surface area contributed by atoms with Gasteiger partial charge in [0, 0.05) is 24.8 Å². The number of nitrogens with zero attached hydrogens (tertiary/aromatic N) is 1. The number of carbonyl (C=O) groups excluding carboxylic acids is 1. The Bertz CT molecular complexity index is 493. The van der Waals surface area contributed by atoms with Gasteiger partial charge >= 0.3 is 0 Å². The summed E-state index contributed by atoms with van der Waals surface area (Å²) in [6, 6.07) is 3.86. The number of aliphatic hydroxyl groups is 1. The zero-order valence-corrected chi connectivity index (χ0v) is 11.9. The Morgan fingerprint density at radius 2 is 2.25 bits per heavy atom. The Balaban J connectivity index is 2.68. The van der Waals surface area contributed by atoms with E-state index in [0.29, 0.717) is 13.0 Å². The minimum absolute atomic E-state index is 0.0648. The highest BCUT2D eigenvalue weighted by molar-refractivity contribution is 6.33. The van der Waals surface area contributed by atoms with Crippen LogP contribution in [0.5, 0.6) is 0 Å². The molecule has 0 radical (unpaired) electrons. The first-order valence-electron chi connectivity index (χ1n) is 6.32. The summed E-state index contributed by atoms with van der Waals surface area (Å²) in [5.74, 6) is -0.129. The predicted octanol–water partition coefficient (Wildman–Crippen LogP) is 2.39. The highest BCUT2D eigenvalue weighted by atomic mass is 35.5. The lowest BCUT2D eigenvalue weighted by Crippen LogP contribution is -2.29. The van der Waals surface area contributed by atoms with Gasteiger partial charge in [0.25, 0.3) is 11.6 Å². The number of nitrogens with one attached hydrogen (secondary N) is 1. The molecule has 0 bridgehead atoms. The van der Waals surface area contributed by atoms with Crippen LogP contribution < -0.4 is 5.32 Å². The minimum atomic E-state index is -0.599. The summed E-state index contributed by atoms with van der Waals surface area (Å²) in [6.45, 7) is 2.51. The van der Waals surface area contributed by atoms with Crippen molar-refractivity contribution in [1.82, 2.24) is 5.32 Å². The molecule has 1 aromatic carbocycles. The Hall–Kier alpha value is -1.66. The summed E-state index contributed by atoms with van der Waals surface area (Å²) in [6.07, 6.45) is 1.47. The molecule has 1 amide bonds. The van der Waals surface area contributed by atoms with Crippen molar-refractivity contribution in [2.45, 2.75) is 19.8 Å². The molecule has 0 aromatic heterocycles. The molecule has 1 atom stereocenters. The number of halogens is 1. The van der Waals surface area contributed by atoms with Crippen LogP contribution in [0, 0.1) is 16.0 Å². The van der Waals surface area contributed by atoms with E-state index in [1.807, 2.05) is 6.92 Å². The second kappa shape index (κ2) is 7.81. The fourth-order valence-corrected chi connectivity index (χ4v) is 2.02. The molecule has 0 heterocycles. The van der Waals surface area contributed by atoms with Crippen LogP contribution >= 0.6 is 11.6 Å². The molecule has 0 aliphatic rings. The van der Waals surface area contributed by atoms with Gasteiger partial charge in [-0.05, 0) is 24.5 Å². The number of aliphatic hydroxyl groups excluding tert-OH is 1. The Labute approximate surface area is 121 Å². The van der Waals surface area contributed by atoms with Gasteiger partial charge in [0.1, 0.15) is 5.02 Å². The average Bonchev–Trinajstić information content (AvgIpc) is 2.42. The van der Waals surface area contributed by atoms with Gasteiger partial charge in [-0.1, -0.05) is 24.9 Å². The zero-order valence-electron chi connectivity index (χ0n) is 11.1. The summed E-state index contributed by atoms with van der Waals surface area (Å²) in [5.41, 5.74) is 0.0504. The SMILES string of the molecule is CCC(CCO)CNC(=O)c1ccc([N+](=O)[O-])c(Cl)c1. The second-order valence-corrected chi connectivity index (χ2v) is 4.83. The molecule has 0 aliphatic heterocycles. The van der Waals surface area contributed by atoms with E-state index in [0.717, 1.165) is 6.42 Å². The van der Waals surface area contributed by atoms with E-state index in [4.69, 9.17) is 16.7 Å². The lowest BCUT2D eigenvalue weighted by molar-refractivity contribution is -0.384. The van der Waals surface area contributed by atoms with Gasteiger partial charge in [0.15, 0.2) is 0 Å². The van der Waals surface area contributed by atoms with Gasteiger partial charge in [-0.25, -0.2) is 0 Å². The number of benzene rings is 1. The van der Waals surface area contributed by atoms with Crippen molar-refractivity contribution >= 4 is 23.2 Å². The van der Waals surface area contributed by atoms with Crippen LogP contribution in [0.4, 0.5) is 5.69 Å². The van der Waals surface area contributed by atoms with Gasteiger partial charge in [-0.2, -0.15) is 0 Å². The highest BCUT2D eigenvalue weighted by Gasteiger charge is 2.16. The summed E-state index contributed by atoms with van der Waals surface area (Å²) in [5, 5.41) is 22.2. The van der Waals surface area contributed by atoms with Crippen molar-refractivity contribution < 1.29 is 14.8 Å². The third kappa shape index (κ3) is 4.47. The first-order valence-corrected chi connectivity index (χ1v) is 6.70. The summed E-state index contributed by atoms with van der Waals surface area (Å²) in [7, 11) is 0. The monoisotopic (exact) mass is 300 g/mol. The zero-order chi connectivity index (χ0) is 15.1. The van der Waals surface area contributed by atoms with Gasteiger partial charge in [0.2, 0.25) is 0 Å². The minimum Gasteiger partial charge on any atom is -0.396 e. The average molecular weight is 301 g/mol. The van der Waals surface area contributed by atoms with E-state index >= 15 is 0 Å². The molecule has 2 N–H and O–H groups in total. The summed E-state index contributed by atoms with van der Waals surface area (Å²) >= 11 is 5.75. The molecule has 1 aromatic rings. The number of nitro benzene ring substituents is 1. The molecule has 0 fully saturated rings. The van der Waals surface area contributed by atoms with E-state index in [-0.39, 0.29) is 34.7 Å². The van der Waals surface area contributed by atoms with Crippen molar-refractivity contribution in [2.24, 2.45) is 5.92 Å². The molecule has 6 nitrogen and oxygen atoms in total. The molecule has 7 heteroatoms. The van der Waals surface area contributed by atoms with E-state index in [9.17, 15) is 14.9 Å². The maximum absolute atomic E-state index is 11.9. The Kier molecular flexibility index (Phi) is 6.41. The van der Waals surface area contributed by atoms with Crippen LogP contribution in [0.2, 0.25) is 5.02 Å². The number of hydrogen-bond donors (Lipinski definition) is 2. The van der Waals surface area contributed by atoms with Crippen LogP contribution in [-0.2, 0) is 0 Å². The highest BCUT2D eigenvalue weighted by Crippen LogP contribution is 2.24. The lowest BCUT2D eigenvalue weighted by Gasteiger charge is -2.14. The molecular formula is C13H17ClN2O4. The van der Waals surface area contributed by atoms with E-state index in [1.54, 1.807) is 0 Å². The normalized spacial score (nSPS) is 11.9. The van der Waals surface area contributed by atoms with Crippen LogP contribution in [-0.4, -0.2) is 29.1 Å². The first kappa shape index (κ1) is 16.4. The van der Waals surface area contributed by atoms with E-state index in [2.05, 4.69) is 5.32 Å². The summed E-state index contributed by atoms with van der Waals surface area (Å²) in [4.78, 5) is 21.9. The molecule has 1 rings (SSSR count). The fourth-order valence-electron chi connectivity index (χ4n) is 1.77. The predicted molar refractivity (Wildman–Crippen MR) is 75.9 cm³/mol. The fraction of sp³-hybridized carbons (Fsp3) is 0.462. The van der Waals surface area contributed by atoms with Gasteiger partial charge < -0.3 is 10.4 Å². The van der Waals surface area contributed by atoms with Crippen molar-refractivity contribution in [1.29, 1.82) is 0 Å².